The van der Waals surface area contributed by atoms with Crippen LogP contribution in [0.5, 0.6) is 0 Å². The average Bonchev–Trinajstić information content (AvgIpc) is 3.22. The number of hydrogen-bond acceptors (Lipinski definition) is 4. The van der Waals surface area contributed by atoms with Crippen LogP contribution < -0.4 is 4.90 Å². The lowest BCUT2D eigenvalue weighted by Gasteiger charge is -2.37. The second-order valence-corrected chi connectivity index (χ2v) is 10.2. The molecule has 2 aliphatic rings. The number of alkyl halides is 2. The molecule has 1 atom stereocenters. The van der Waals surface area contributed by atoms with Gasteiger partial charge in [-0.3, -0.25) is 4.90 Å². The van der Waals surface area contributed by atoms with Crippen molar-refractivity contribution in [2.75, 3.05) is 11.4 Å². The summed E-state index contributed by atoms with van der Waals surface area (Å²) in [5.41, 5.74) is 1.89. The number of rotatable bonds is 3. The maximum absolute atomic E-state index is 13.4. The SMILES string of the molecule is CC(C)(C)OC(=O)N1CCC[C@H]1C1=Nc2c(I)cccc2CN1c1cccc(C(F)F)c1. The van der Waals surface area contributed by atoms with Crippen LogP contribution in [-0.2, 0) is 11.3 Å². The van der Waals surface area contributed by atoms with Gasteiger partial charge in [-0.25, -0.2) is 18.6 Å². The number of carbonyl (C=O) groups is 1. The lowest BCUT2D eigenvalue weighted by molar-refractivity contribution is 0.0265. The van der Waals surface area contributed by atoms with E-state index in [1.54, 1.807) is 11.0 Å². The van der Waals surface area contributed by atoms with Crippen LogP contribution in [0, 0.1) is 3.57 Å². The maximum atomic E-state index is 13.4. The molecule has 2 aliphatic heterocycles. The number of nitrogens with zero attached hydrogens (tertiary/aromatic N) is 3. The first kappa shape index (κ1) is 22.9. The van der Waals surface area contributed by atoms with Gasteiger partial charge >= 0.3 is 6.09 Å². The summed E-state index contributed by atoms with van der Waals surface area (Å²) in [5, 5.41) is 0. The molecule has 5 nitrogen and oxygen atoms in total. The number of amidine groups is 1. The molecule has 170 valence electrons. The third-order valence-corrected chi connectivity index (χ3v) is 6.38. The number of amides is 1. The normalized spacial score (nSPS) is 18.6. The molecule has 0 N–H and O–H groups in total. The average molecular weight is 553 g/mol. The topological polar surface area (TPSA) is 45.1 Å². The van der Waals surface area contributed by atoms with Gasteiger partial charge in [0.05, 0.1) is 18.3 Å². The van der Waals surface area contributed by atoms with Crippen LogP contribution in [0.4, 0.5) is 25.0 Å². The van der Waals surface area contributed by atoms with E-state index in [-0.39, 0.29) is 17.7 Å². The summed E-state index contributed by atoms with van der Waals surface area (Å²) in [7, 11) is 0. The molecular formula is C24H26F2IN3O2. The summed E-state index contributed by atoms with van der Waals surface area (Å²) < 4.78 is 33.5. The van der Waals surface area contributed by atoms with Gasteiger partial charge in [-0.05, 0) is 80.0 Å². The van der Waals surface area contributed by atoms with Crippen molar-refractivity contribution in [1.29, 1.82) is 0 Å². The number of carbonyl (C=O) groups excluding carboxylic acids is 1. The molecule has 2 aromatic rings. The number of ether oxygens (including phenoxy) is 1. The number of para-hydroxylation sites is 1. The van der Waals surface area contributed by atoms with Gasteiger partial charge in [0, 0.05) is 21.4 Å². The van der Waals surface area contributed by atoms with E-state index in [9.17, 15) is 13.6 Å². The second-order valence-electron chi connectivity index (χ2n) is 9.03. The second kappa shape index (κ2) is 8.96. The van der Waals surface area contributed by atoms with E-state index in [0.29, 0.717) is 24.6 Å². The summed E-state index contributed by atoms with van der Waals surface area (Å²) in [6.45, 7) is 6.59. The van der Waals surface area contributed by atoms with Gasteiger partial charge in [0.25, 0.3) is 6.43 Å². The molecule has 2 aromatic carbocycles. The molecule has 1 amide bonds. The molecule has 1 saturated heterocycles. The number of hydrogen-bond donors (Lipinski definition) is 0. The van der Waals surface area contributed by atoms with E-state index in [0.717, 1.165) is 27.7 Å². The van der Waals surface area contributed by atoms with Crippen molar-refractivity contribution >= 4 is 45.9 Å². The third kappa shape index (κ3) is 4.74. The van der Waals surface area contributed by atoms with Crippen LogP contribution in [0.2, 0.25) is 0 Å². The minimum absolute atomic E-state index is 0.0364. The number of aliphatic imine (C=N–C) groups is 1. The maximum Gasteiger partial charge on any atom is 0.410 e. The third-order valence-electron chi connectivity index (χ3n) is 5.51. The smallest absolute Gasteiger partial charge is 0.410 e. The molecule has 0 unspecified atom stereocenters. The summed E-state index contributed by atoms with van der Waals surface area (Å²) in [4.78, 5) is 21.6. The monoisotopic (exact) mass is 553 g/mol. The molecule has 2 heterocycles. The summed E-state index contributed by atoms with van der Waals surface area (Å²) in [5.74, 6) is 0.691. The molecule has 0 radical (unpaired) electrons. The minimum atomic E-state index is -2.56. The Bertz CT molecular complexity index is 1050. The van der Waals surface area contributed by atoms with Crippen LogP contribution in [0.1, 0.15) is 51.2 Å². The van der Waals surface area contributed by atoms with E-state index in [1.807, 2.05) is 49.9 Å². The number of likely N-dealkylation sites (tertiary alicyclic amines) is 1. The molecule has 0 bridgehead atoms. The molecule has 0 aliphatic carbocycles. The summed E-state index contributed by atoms with van der Waals surface area (Å²) >= 11 is 2.26. The van der Waals surface area contributed by atoms with E-state index < -0.39 is 12.0 Å². The lowest BCUT2D eigenvalue weighted by Crippen LogP contribution is -2.50. The van der Waals surface area contributed by atoms with Crippen molar-refractivity contribution in [3.05, 3.63) is 57.2 Å². The van der Waals surface area contributed by atoms with Crippen molar-refractivity contribution in [2.45, 2.75) is 58.2 Å². The molecule has 1 fully saturated rings. The zero-order valence-corrected chi connectivity index (χ0v) is 20.5. The lowest BCUT2D eigenvalue weighted by atomic mass is 10.0. The van der Waals surface area contributed by atoms with Crippen molar-refractivity contribution in [3.63, 3.8) is 0 Å². The van der Waals surface area contributed by atoms with E-state index >= 15 is 0 Å². The Hall–Kier alpha value is -2.23. The van der Waals surface area contributed by atoms with Crippen LogP contribution >= 0.6 is 22.6 Å². The van der Waals surface area contributed by atoms with E-state index in [2.05, 4.69) is 22.6 Å². The van der Waals surface area contributed by atoms with Crippen molar-refractivity contribution in [2.24, 2.45) is 4.99 Å². The highest BCUT2D eigenvalue weighted by Crippen LogP contribution is 2.37. The van der Waals surface area contributed by atoms with Gasteiger partial charge < -0.3 is 9.64 Å². The number of halogens is 3. The van der Waals surface area contributed by atoms with Gasteiger partial charge in [-0.15, -0.1) is 0 Å². The Kier molecular flexibility index (Phi) is 6.42. The largest absolute Gasteiger partial charge is 0.444 e. The Morgan fingerprint density at radius 2 is 1.97 bits per heavy atom. The predicted molar refractivity (Wildman–Crippen MR) is 130 cm³/mol. The van der Waals surface area contributed by atoms with E-state index in [1.165, 1.54) is 12.1 Å². The Morgan fingerprint density at radius 1 is 1.22 bits per heavy atom. The van der Waals surface area contributed by atoms with Gasteiger partial charge in [0.15, 0.2) is 0 Å². The van der Waals surface area contributed by atoms with Crippen LogP contribution in [-0.4, -0.2) is 35.0 Å². The molecule has 32 heavy (non-hydrogen) atoms. The van der Waals surface area contributed by atoms with Crippen molar-refractivity contribution in [1.82, 2.24) is 4.90 Å². The fourth-order valence-electron chi connectivity index (χ4n) is 4.12. The zero-order valence-electron chi connectivity index (χ0n) is 18.3. The van der Waals surface area contributed by atoms with Gasteiger partial charge in [-0.1, -0.05) is 24.3 Å². The molecule has 0 spiro atoms. The van der Waals surface area contributed by atoms with Crippen LogP contribution in [0.3, 0.4) is 0 Å². The first-order valence-electron chi connectivity index (χ1n) is 10.7. The first-order valence-corrected chi connectivity index (χ1v) is 11.7. The van der Waals surface area contributed by atoms with Crippen LogP contribution in [0.25, 0.3) is 0 Å². The number of benzene rings is 2. The zero-order chi connectivity index (χ0) is 23.0. The van der Waals surface area contributed by atoms with E-state index in [4.69, 9.17) is 9.73 Å². The van der Waals surface area contributed by atoms with Gasteiger partial charge in [0.2, 0.25) is 0 Å². The van der Waals surface area contributed by atoms with Crippen molar-refractivity contribution < 1.29 is 18.3 Å². The highest BCUT2D eigenvalue weighted by Gasteiger charge is 2.39. The van der Waals surface area contributed by atoms with Gasteiger partial charge in [-0.2, -0.15) is 0 Å². The Morgan fingerprint density at radius 3 is 2.69 bits per heavy atom. The molecule has 8 heteroatoms. The highest BCUT2D eigenvalue weighted by molar-refractivity contribution is 14.1. The number of fused-ring (bicyclic) bond motifs is 1. The van der Waals surface area contributed by atoms with Gasteiger partial charge in [0.1, 0.15) is 11.4 Å². The Balaban J connectivity index is 1.77. The number of anilines is 1. The van der Waals surface area contributed by atoms with Crippen molar-refractivity contribution in [3.8, 4) is 0 Å². The summed E-state index contributed by atoms with van der Waals surface area (Å²) in [6.07, 6.45) is -1.37. The fourth-order valence-corrected chi connectivity index (χ4v) is 4.79. The summed E-state index contributed by atoms with van der Waals surface area (Å²) in [6, 6.07) is 12.1. The van der Waals surface area contributed by atoms with Crippen LogP contribution in [0.15, 0.2) is 47.5 Å². The minimum Gasteiger partial charge on any atom is -0.444 e. The predicted octanol–water partition coefficient (Wildman–Crippen LogP) is 6.68. The molecule has 0 aromatic heterocycles. The Labute approximate surface area is 200 Å². The quantitative estimate of drug-likeness (QED) is 0.399. The highest BCUT2D eigenvalue weighted by atomic mass is 127. The molecular weight excluding hydrogens is 527 g/mol. The first-order chi connectivity index (χ1) is 15.1. The molecule has 0 saturated carbocycles. The molecule has 4 rings (SSSR count). The standard InChI is InChI=1S/C24H26F2IN3O2/c1-24(2,3)32-23(31)29-12-6-11-19(29)22-28-20-16(8-5-10-18(20)27)14-30(22)17-9-4-7-15(13-17)21(25)26/h4-5,7-10,13,19,21H,6,11-12,14H2,1-3H3/t19-/m0/s1. The fraction of sp³-hybridized carbons (Fsp3) is 0.417.